The number of unbranched alkanes of at least 4 members (excludes halogenated alkanes) is 1. The second-order valence-corrected chi connectivity index (χ2v) is 6.91. The highest BCUT2D eigenvalue weighted by atomic mass is 19.4. The standard InChI is InChI=1S/C19H29F3N4O/c1-15-6-2-4-12-26(15)13-5-3-11-24-18(23)25-14-16-7-9-17(10-8-16)27-19(20,21)22/h7-10,15H,2-6,11-14H2,1H3,(H3,23,24,25). The maximum absolute atomic E-state index is 12.1. The number of likely N-dealkylation sites (tertiary alicyclic amines) is 1. The van der Waals surface area contributed by atoms with Gasteiger partial charge in [-0.15, -0.1) is 13.2 Å². The third kappa shape index (κ3) is 8.51. The number of ether oxygens (including phenoxy) is 1. The first-order valence-corrected chi connectivity index (χ1v) is 9.46. The Morgan fingerprint density at radius 2 is 2.00 bits per heavy atom. The molecule has 0 bridgehead atoms. The normalized spacial score (nSPS) is 19.1. The number of hydrogen-bond donors (Lipinski definition) is 2. The van der Waals surface area contributed by atoms with E-state index in [4.69, 9.17) is 5.73 Å². The number of nitrogens with two attached hydrogens (primary N) is 1. The summed E-state index contributed by atoms with van der Waals surface area (Å²) in [6, 6.07) is 6.30. The van der Waals surface area contributed by atoms with Gasteiger partial charge in [-0.25, -0.2) is 4.99 Å². The molecule has 1 aromatic carbocycles. The minimum atomic E-state index is -4.68. The molecular formula is C19H29F3N4O. The minimum Gasteiger partial charge on any atom is -0.406 e. The Morgan fingerprint density at radius 1 is 1.26 bits per heavy atom. The van der Waals surface area contributed by atoms with Crippen LogP contribution in [0.2, 0.25) is 0 Å². The number of benzene rings is 1. The van der Waals surface area contributed by atoms with Gasteiger partial charge in [-0.05, 0) is 63.4 Å². The number of rotatable bonds is 8. The fraction of sp³-hybridized carbons (Fsp3) is 0.632. The Bertz CT molecular complexity index is 590. The van der Waals surface area contributed by atoms with Crippen LogP contribution in [0.1, 0.15) is 44.6 Å². The zero-order chi connectivity index (χ0) is 19.7. The van der Waals surface area contributed by atoms with Crippen molar-refractivity contribution in [1.82, 2.24) is 10.2 Å². The summed E-state index contributed by atoms with van der Waals surface area (Å²) in [6.45, 7) is 5.67. The zero-order valence-electron chi connectivity index (χ0n) is 15.8. The molecule has 1 heterocycles. The van der Waals surface area contributed by atoms with Crippen LogP contribution >= 0.6 is 0 Å². The molecule has 1 fully saturated rings. The van der Waals surface area contributed by atoms with E-state index in [0.717, 1.165) is 31.5 Å². The lowest BCUT2D eigenvalue weighted by molar-refractivity contribution is -0.274. The monoisotopic (exact) mass is 386 g/mol. The van der Waals surface area contributed by atoms with Gasteiger partial charge in [0.1, 0.15) is 5.75 Å². The molecule has 1 atom stereocenters. The van der Waals surface area contributed by atoms with E-state index in [1.807, 2.05) is 0 Å². The van der Waals surface area contributed by atoms with E-state index >= 15 is 0 Å². The molecule has 1 unspecified atom stereocenters. The molecule has 0 saturated carbocycles. The summed E-state index contributed by atoms with van der Waals surface area (Å²) in [5.74, 6) is 0.0984. The van der Waals surface area contributed by atoms with Gasteiger partial charge in [0, 0.05) is 12.6 Å². The van der Waals surface area contributed by atoms with Gasteiger partial charge in [0.05, 0.1) is 6.54 Å². The minimum absolute atomic E-state index is 0.246. The summed E-state index contributed by atoms with van der Waals surface area (Å²) in [4.78, 5) is 6.76. The van der Waals surface area contributed by atoms with E-state index < -0.39 is 6.36 Å². The van der Waals surface area contributed by atoms with Crippen molar-refractivity contribution in [3.05, 3.63) is 29.8 Å². The van der Waals surface area contributed by atoms with Crippen LogP contribution < -0.4 is 15.8 Å². The molecule has 152 valence electrons. The van der Waals surface area contributed by atoms with Crippen molar-refractivity contribution in [2.24, 2.45) is 10.7 Å². The van der Waals surface area contributed by atoms with Gasteiger partial charge >= 0.3 is 6.36 Å². The van der Waals surface area contributed by atoms with Crippen LogP contribution in [0.25, 0.3) is 0 Å². The quantitative estimate of drug-likeness (QED) is 0.407. The molecule has 0 radical (unpaired) electrons. The van der Waals surface area contributed by atoms with E-state index in [1.54, 1.807) is 0 Å². The average molecular weight is 386 g/mol. The van der Waals surface area contributed by atoms with Crippen LogP contribution in [-0.2, 0) is 6.54 Å². The van der Waals surface area contributed by atoms with E-state index in [0.29, 0.717) is 18.5 Å². The van der Waals surface area contributed by atoms with Crippen molar-refractivity contribution in [3.63, 3.8) is 0 Å². The maximum atomic E-state index is 12.1. The van der Waals surface area contributed by atoms with Crippen molar-refractivity contribution in [2.45, 2.75) is 58.0 Å². The van der Waals surface area contributed by atoms with E-state index in [1.165, 1.54) is 50.1 Å². The summed E-state index contributed by atoms with van der Waals surface area (Å²) in [7, 11) is 0. The van der Waals surface area contributed by atoms with Crippen LogP contribution in [0.5, 0.6) is 5.75 Å². The average Bonchev–Trinajstić information content (AvgIpc) is 2.61. The Kier molecular flexibility index (Phi) is 8.22. The molecule has 1 saturated heterocycles. The number of aliphatic imine (C=N–C) groups is 1. The molecule has 0 amide bonds. The largest absolute Gasteiger partial charge is 0.573 e. The van der Waals surface area contributed by atoms with Crippen molar-refractivity contribution in [1.29, 1.82) is 0 Å². The van der Waals surface area contributed by atoms with Gasteiger partial charge in [0.25, 0.3) is 0 Å². The first-order chi connectivity index (χ1) is 12.8. The number of nitrogens with zero attached hydrogens (tertiary/aromatic N) is 2. The molecular weight excluding hydrogens is 357 g/mol. The summed E-state index contributed by atoms with van der Waals surface area (Å²) >= 11 is 0. The van der Waals surface area contributed by atoms with Gasteiger partial charge in [-0.2, -0.15) is 0 Å². The van der Waals surface area contributed by atoms with Crippen LogP contribution in [0.15, 0.2) is 29.3 Å². The first kappa shape index (κ1) is 21.3. The van der Waals surface area contributed by atoms with Crippen molar-refractivity contribution in [3.8, 4) is 5.75 Å². The summed E-state index contributed by atoms with van der Waals surface area (Å²) in [6.07, 6.45) is 1.38. The predicted octanol–water partition coefficient (Wildman–Crippen LogP) is 3.64. The van der Waals surface area contributed by atoms with Gasteiger partial charge in [-0.3, -0.25) is 0 Å². The summed E-state index contributed by atoms with van der Waals surface area (Å²) in [5.41, 5.74) is 6.59. The second-order valence-electron chi connectivity index (χ2n) is 6.91. The molecule has 1 aromatic rings. The number of halogens is 3. The first-order valence-electron chi connectivity index (χ1n) is 9.46. The molecule has 1 aliphatic rings. The fourth-order valence-electron chi connectivity index (χ4n) is 3.18. The van der Waals surface area contributed by atoms with Crippen molar-refractivity contribution >= 4 is 5.96 Å². The number of piperidine rings is 1. The fourth-order valence-corrected chi connectivity index (χ4v) is 3.18. The highest BCUT2D eigenvalue weighted by molar-refractivity contribution is 5.77. The Balaban J connectivity index is 1.62. The van der Waals surface area contributed by atoms with Crippen LogP contribution in [-0.4, -0.2) is 42.9 Å². The molecule has 3 N–H and O–H groups in total. The number of hydrogen-bond acceptors (Lipinski definition) is 3. The van der Waals surface area contributed by atoms with Crippen molar-refractivity contribution in [2.75, 3.05) is 19.6 Å². The highest BCUT2D eigenvalue weighted by Crippen LogP contribution is 2.22. The molecule has 2 rings (SSSR count). The lowest BCUT2D eigenvalue weighted by Gasteiger charge is -2.33. The van der Waals surface area contributed by atoms with Gasteiger partial charge in [-0.1, -0.05) is 18.6 Å². The Labute approximate surface area is 158 Å². The van der Waals surface area contributed by atoms with E-state index in [9.17, 15) is 13.2 Å². The Hall–Kier alpha value is -1.96. The topological polar surface area (TPSA) is 62.9 Å². The third-order valence-corrected chi connectivity index (χ3v) is 4.71. The van der Waals surface area contributed by atoms with Gasteiger partial charge in [0.2, 0.25) is 0 Å². The molecule has 27 heavy (non-hydrogen) atoms. The summed E-state index contributed by atoms with van der Waals surface area (Å²) in [5, 5.41) is 3.08. The highest BCUT2D eigenvalue weighted by Gasteiger charge is 2.30. The zero-order valence-corrected chi connectivity index (χ0v) is 15.8. The van der Waals surface area contributed by atoms with Gasteiger partial charge in [0.15, 0.2) is 5.96 Å². The van der Waals surface area contributed by atoms with Crippen LogP contribution in [0, 0.1) is 0 Å². The second kappa shape index (κ2) is 10.4. The number of alkyl halides is 3. The predicted molar refractivity (Wildman–Crippen MR) is 101 cm³/mol. The number of nitrogens with one attached hydrogen (secondary N) is 1. The molecule has 5 nitrogen and oxygen atoms in total. The third-order valence-electron chi connectivity index (χ3n) is 4.71. The maximum Gasteiger partial charge on any atom is 0.573 e. The van der Waals surface area contributed by atoms with Gasteiger partial charge < -0.3 is 20.7 Å². The lowest BCUT2D eigenvalue weighted by Crippen LogP contribution is -2.38. The molecule has 8 heteroatoms. The molecule has 0 spiro atoms. The smallest absolute Gasteiger partial charge is 0.406 e. The van der Waals surface area contributed by atoms with Crippen LogP contribution in [0.4, 0.5) is 13.2 Å². The SMILES string of the molecule is CC1CCCCN1CCCCNC(N)=NCc1ccc(OC(F)(F)F)cc1. The molecule has 0 aromatic heterocycles. The lowest BCUT2D eigenvalue weighted by atomic mass is 10.0. The number of guanidine groups is 1. The molecule has 1 aliphatic heterocycles. The van der Waals surface area contributed by atoms with E-state index in [-0.39, 0.29) is 5.75 Å². The molecule has 0 aliphatic carbocycles. The van der Waals surface area contributed by atoms with E-state index in [2.05, 4.69) is 26.9 Å². The summed E-state index contributed by atoms with van der Waals surface area (Å²) < 4.78 is 40.2. The Morgan fingerprint density at radius 3 is 2.67 bits per heavy atom. The van der Waals surface area contributed by atoms with Crippen LogP contribution in [0.3, 0.4) is 0 Å². The van der Waals surface area contributed by atoms with Crippen molar-refractivity contribution < 1.29 is 17.9 Å².